The SMILES string of the molecule is O=C(Nc1nnc(-c2ccc(Cl)cc2)s1)c1cccc(F)c1. The summed E-state index contributed by atoms with van der Waals surface area (Å²) in [5.41, 5.74) is 1.08. The van der Waals surface area contributed by atoms with Crippen molar-refractivity contribution in [2.24, 2.45) is 0 Å². The van der Waals surface area contributed by atoms with Crippen LogP contribution in [0.15, 0.2) is 48.5 Å². The normalized spacial score (nSPS) is 10.5. The van der Waals surface area contributed by atoms with Crippen LogP contribution in [-0.4, -0.2) is 16.1 Å². The lowest BCUT2D eigenvalue weighted by atomic mass is 10.2. The standard InChI is InChI=1S/C15H9ClFN3OS/c16-11-6-4-9(5-7-11)14-19-20-15(22-14)18-13(21)10-2-1-3-12(17)8-10/h1-8H,(H,18,20,21). The second-order valence-corrected chi connectivity index (χ2v) is 5.80. The molecule has 22 heavy (non-hydrogen) atoms. The van der Waals surface area contributed by atoms with Gasteiger partial charge in [0.15, 0.2) is 0 Å². The van der Waals surface area contributed by atoms with Gasteiger partial charge in [-0.1, -0.05) is 41.1 Å². The van der Waals surface area contributed by atoms with Crippen molar-refractivity contribution in [1.82, 2.24) is 10.2 Å². The van der Waals surface area contributed by atoms with E-state index in [2.05, 4.69) is 15.5 Å². The third kappa shape index (κ3) is 3.29. The zero-order valence-electron chi connectivity index (χ0n) is 11.1. The molecule has 7 heteroatoms. The third-order valence-electron chi connectivity index (χ3n) is 2.82. The predicted octanol–water partition coefficient (Wildman–Crippen LogP) is 4.25. The van der Waals surface area contributed by atoms with Crippen LogP contribution in [0.3, 0.4) is 0 Å². The highest BCUT2D eigenvalue weighted by Gasteiger charge is 2.11. The van der Waals surface area contributed by atoms with E-state index in [4.69, 9.17) is 11.6 Å². The molecule has 0 radical (unpaired) electrons. The molecule has 0 spiro atoms. The van der Waals surface area contributed by atoms with E-state index in [0.717, 1.165) is 11.6 Å². The number of hydrogen-bond acceptors (Lipinski definition) is 4. The molecule has 1 N–H and O–H groups in total. The number of benzene rings is 2. The van der Waals surface area contributed by atoms with Crippen LogP contribution in [0.2, 0.25) is 5.02 Å². The first-order chi connectivity index (χ1) is 10.6. The number of carbonyl (C=O) groups is 1. The molecule has 0 aliphatic carbocycles. The van der Waals surface area contributed by atoms with E-state index < -0.39 is 11.7 Å². The summed E-state index contributed by atoms with van der Waals surface area (Å²) in [6, 6.07) is 12.6. The van der Waals surface area contributed by atoms with Crippen LogP contribution < -0.4 is 5.32 Å². The summed E-state index contributed by atoms with van der Waals surface area (Å²) in [4.78, 5) is 12.0. The molecule has 1 amide bonds. The summed E-state index contributed by atoms with van der Waals surface area (Å²) in [6.07, 6.45) is 0. The molecule has 0 saturated carbocycles. The number of rotatable bonds is 3. The minimum atomic E-state index is -0.466. The number of carbonyl (C=O) groups excluding carboxylic acids is 1. The van der Waals surface area contributed by atoms with Crippen LogP contribution in [0.1, 0.15) is 10.4 Å². The number of aromatic nitrogens is 2. The Hall–Kier alpha value is -2.31. The first kappa shape index (κ1) is 14.6. The summed E-state index contributed by atoms with van der Waals surface area (Å²) >= 11 is 7.06. The molecule has 0 unspecified atom stereocenters. The lowest BCUT2D eigenvalue weighted by molar-refractivity contribution is 0.102. The van der Waals surface area contributed by atoms with E-state index in [1.165, 1.54) is 29.5 Å². The van der Waals surface area contributed by atoms with Crippen LogP contribution >= 0.6 is 22.9 Å². The maximum atomic E-state index is 13.1. The molecule has 0 aliphatic heterocycles. The van der Waals surface area contributed by atoms with Crippen molar-refractivity contribution >= 4 is 34.0 Å². The Bertz CT molecular complexity index is 820. The van der Waals surface area contributed by atoms with Crippen molar-refractivity contribution in [3.8, 4) is 10.6 Å². The fourth-order valence-corrected chi connectivity index (χ4v) is 2.65. The van der Waals surface area contributed by atoms with E-state index in [9.17, 15) is 9.18 Å². The zero-order valence-corrected chi connectivity index (χ0v) is 12.7. The lowest BCUT2D eigenvalue weighted by Gasteiger charge is -2.00. The van der Waals surface area contributed by atoms with Crippen molar-refractivity contribution in [3.05, 3.63) is 64.9 Å². The lowest BCUT2D eigenvalue weighted by Crippen LogP contribution is -2.11. The molecule has 110 valence electrons. The van der Waals surface area contributed by atoms with Gasteiger partial charge in [-0.3, -0.25) is 10.1 Å². The Morgan fingerprint density at radius 3 is 2.64 bits per heavy atom. The third-order valence-corrected chi connectivity index (χ3v) is 3.96. The highest BCUT2D eigenvalue weighted by molar-refractivity contribution is 7.18. The Balaban J connectivity index is 1.77. The molecular weight excluding hydrogens is 325 g/mol. The van der Waals surface area contributed by atoms with Gasteiger partial charge in [-0.05, 0) is 30.3 Å². The summed E-state index contributed by atoms with van der Waals surface area (Å²) in [5.74, 6) is -0.898. The Kier molecular flexibility index (Phi) is 4.13. The van der Waals surface area contributed by atoms with Gasteiger partial charge in [0.05, 0.1) is 0 Å². The van der Waals surface area contributed by atoms with Crippen molar-refractivity contribution < 1.29 is 9.18 Å². The monoisotopic (exact) mass is 333 g/mol. The van der Waals surface area contributed by atoms with Gasteiger partial charge in [-0.25, -0.2) is 4.39 Å². The smallest absolute Gasteiger partial charge is 0.257 e. The quantitative estimate of drug-likeness (QED) is 0.779. The molecule has 4 nitrogen and oxygen atoms in total. The van der Waals surface area contributed by atoms with Crippen LogP contribution in [0.25, 0.3) is 10.6 Å². The van der Waals surface area contributed by atoms with Crippen LogP contribution in [-0.2, 0) is 0 Å². The predicted molar refractivity (Wildman–Crippen MR) is 84.7 cm³/mol. The van der Waals surface area contributed by atoms with Crippen molar-refractivity contribution in [1.29, 1.82) is 0 Å². The van der Waals surface area contributed by atoms with Gasteiger partial charge in [-0.2, -0.15) is 0 Å². The molecule has 3 rings (SSSR count). The van der Waals surface area contributed by atoms with Crippen LogP contribution in [0, 0.1) is 5.82 Å². The van der Waals surface area contributed by atoms with Crippen molar-refractivity contribution in [2.75, 3.05) is 5.32 Å². The second-order valence-electron chi connectivity index (χ2n) is 4.38. The first-order valence-corrected chi connectivity index (χ1v) is 7.47. The fourth-order valence-electron chi connectivity index (χ4n) is 1.78. The molecule has 3 aromatic rings. The maximum Gasteiger partial charge on any atom is 0.257 e. The molecular formula is C15H9ClFN3OS. The van der Waals surface area contributed by atoms with Crippen molar-refractivity contribution in [2.45, 2.75) is 0 Å². The summed E-state index contributed by atoms with van der Waals surface area (Å²) < 4.78 is 13.1. The molecule has 1 aromatic heterocycles. The minimum Gasteiger partial charge on any atom is -0.296 e. The zero-order chi connectivity index (χ0) is 15.5. The van der Waals surface area contributed by atoms with Gasteiger partial charge in [0, 0.05) is 16.1 Å². The van der Waals surface area contributed by atoms with E-state index in [1.54, 1.807) is 12.1 Å². The first-order valence-electron chi connectivity index (χ1n) is 6.28. The van der Waals surface area contributed by atoms with Gasteiger partial charge in [-0.15, -0.1) is 10.2 Å². The Morgan fingerprint density at radius 1 is 1.14 bits per heavy atom. The minimum absolute atomic E-state index is 0.225. The van der Waals surface area contributed by atoms with Gasteiger partial charge < -0.3 is 0 Å². The van der Waals surface area contributed by atoms with Gasteiger partial charge in [0.1, 0.15) is 10.8 Å². The molecule has 0 saturated heterocycles. The number of anilines is 1. The fraction of sp³-hybridized carbons (Fsp3) is 0. The second kappa shape index (κ2) is 6.21. The Morgan fingerprint density at radius 2 is 1.91 bits per heavy atom. The summed E-state index contributed by atoms with van der Waals surface area (Å²) in [5, 5.41) is 12.2. The van der Waals surface area contributed by atoms with E-state index in [1.807, 2.05) is 12.1 Å². The molecule has 0 aliphatic rings. The molecule has 0 fully saturated rings. The average Bonchev–Trinajstić information content (AvgIpc) is 2.96. The van der Waals surface area contributed by atoms with E-state index >= 15 is 0 Å². The van der Waals surface area contributed by atoms with Gasteiger partial charge >= 0.3 is 0 Å². The largest absolute Gasteiger partial charge is 0.296 e. The van der Waals surface area contributed by atoms with E-state index in [-0.39, 0.29) is 5.56 Å². The van der Waals surface area contributed by atoms with E-state index in [0.29, 0.717) is 15.2 Å². The molecule has 2 aromatic carbocycles. The topological polar surface area (TPSA) is 54.9 Å². The number of amides is 1. The molecule has 0 bridgehead atoms. The van der Waals surface area contributed by atoms with Crippen LogP contribution in [0.4, 0.5) is 9.52 Å². The highest BCUT2D eigenvalue weighted by Crippen LogP contribution is 2.27. The van der Waals surface area contributed by atoms with Gasteiger partial charge in [0.25, 0.3) is 5.91 Å². The number of halogens is 2. The number of nitrogens with zero attached hydrogens (tertiary/aromatic N) is 2. The molecule has 0 atom stereocenters. The highest BCUT2D eigenvalue weighted by atomic mass is 35.5. The maximum absolute atomic E-state index is 13.1. The van der Waals surface area contributed by atoms with Gasteiger partial charge in [0.2, 0.25) is 5.13 Å². The van der Waals surface area contributed by atoms with Crippen LogP contribution in [0.5, 0.6) is 0 Å². The number of nitrogens with one attached hydrogen (secondary N) is 1. The Labute approximate surface area is 134 Å². The molecule has 1 heterocycles. The average molecular weight is 334 g/mol. The summed E-state index contributed by atoms with van der Waals surface area (Å²) in [7, 11) is 0. The van der Waals surface area contributed by atoms with Crippen molar-refractivity contribution in [3.63, 3.8) is 0 Å². The summed E-state index contributed by atoms with van der Waals surface area (Å²) in [6.45, 7) is 0. The number of hydrogen-bond donors (Lipinski definition) is 1.